The van der Waals surface area contributed by atoms with Crippen molar-refractivity contribution in [1.82, 2.24) is 0 Å². The molecule has 2 rings (SSSR count). The fraction of sp³-hybridized carbons (Fsp3) is 0.333. The molecule has 2 aromatic rings. The van der Waals surface area contributed by atoms with Crippen LogP contribution in [-0.4, -0.2) is 7.25 Å². The molecule has 0 saturated carbocycles. The molecule has 0 aliphatic carbocycles. The van der Waals surface area contributed by atoms with E-state index in [0.29, 0.717) is 15.0 Å². The second-order valence-electron chi connectivity index (χ2n) is 4.49. The molecule has 0 bridgehead atoms. The van der Waals surface area contributed by atoms with Crippen molar-refractivity contribution < 1.29 is 30.4 Å². The van der Waals surface area contributed by atoms with Crippen molar-refractivity contribution in [3.05, 3.63) is 35.2 Å². The molecule has 1 aromatic carbocycles. The zero-order valence-corrected chi connectivity index (χ0v) is 11.9. The lowest BCUT2D eigenvalue weighted by atomic mass is 10.1. The summed E-state index contributed by atoms with van der Waals surface area (Å²) in [6, 6.07) is 8.46. The van der Waals surface area contributed by atoms with Gasteiger partial charge in [-0.25, -0.2) is 0 Å². The lowest BCUT2D eigenvalue weighted by Gasteiger charge is -2.01. The average Bonchev–Trinajstić information content (AvgIpc) is 2.65. The lowest BCUT2D eigenvalue weighted by molar-refractivity contribution is -0.0868. The summed E-state index contributed by atoms with van der Waals surface area (Å²) < 4.78 is 78.5. The van der Waals surface area contributed by atoms with Crippen LogP contribution in [0.4, 0.5) is 30.4 Å². The number of hydrogen-bond donors (Lipinski definition) is 0. The molecule has 1 unspecified atom stereocenters. The minimum Gasteiger partial charge on any atom is -0.418 e. The minimum atomic E-state index is -6.00. The Hall–Kier alpha value is -1.25. The Morgan fingerprint density at radius 2 is 1.48 bits per heavy atom. The van der Waals surface area contributed by atoms with E-state index in [0.717, 1.165) is 0 Å². The van der Waals surface area contributed by atoms with Crippen LogP contribution in [0.3, 0.4) is 0 Å². The molecule has 1 aromatic heterocycles. The van der Waals surface area contributed by atoms with E-state index in [-0.39, 0.29) is 5.92 Å². The molecule has 9 heteroatoms. The first-order valence-electron chi connectivity index (χ1n) is 5.90. The van der Waals surface area contributed by atoms with Crippen LogP contribution >= 0.6 is 10.5 Å². The third-order valence-electron chi connectivity index (χ3n) is 2.47. The summed E-state index contributed by atoms with van der Waals surface area (Å²) in [5, 5.41) is 0.715. The molecule has 118 valence electrons. The number of rotatable bonds is 1. The van der Waals surface area contributed by atoms with Crippen molar-refractivity contribution in [1.29, 1.82) is 0 Å². The molecule has 0 amide bonds. The molecule has 0 aliphatic rings. The monoisotopic (exact) mass is 332 g/mol. The van der Waals surface area contributed by atoms with Crippen LogP contribution in [-0.2, 0) is 5.51 Å². The molecule has 0 fully saturated rings. The van der Waals surface area contributed by atoms with E-state index in [1.54, 1.807) is 30.3 Å². The van der Waals surface area contributed by atoms with E-state index >= 15 is 0 Å². The number of thiophene rings is 1. The highest BCUT2D eigenvalue weighted by Crippen LogP contribution is 2.52. The van der Waals surface area contributed by atoms with Gasteiger partial charge in [-0.15, -0.1) is 13.2 Å². The zero-order valence-electron chi connectivity index (χ0n) is 11.1. The molecule has 0 nitrogen and oxygen atoms in total. The van der Waals surface area contributed by atoms with Gasteiger partial charge in [-0.2, -0.15) is 0 Å². The Morgan fingerprint density at radius 1 is 1.00 bits per heavy atom. The number of benzene rings is 1. The Balaban J connectivity index is 0.000000383. The van der Waals surface area contributed by atoms with Gasteiger partial charge < -0.3 is 17.3 Å². The number of hydrogen-bond acceptors (Lipinski definition) is 0. The number of halogens is 7. The van der Waals surface area contributed by atoms with Gasteiger partial charge >= 0.3 is 12.8 Å². The second kappa shape index (κ2) is 6.25. The first kappa shape index (κ1) is 17.8. The second-order valence-corrected chi connectivity index (χ2v) is 6.47. The fourth-order valence-corrected chi connectivity index (χ4v) is 3.85. The third kappa shape index (κ3) is 5.22. The summed E-state index contributed by atoms with van der Waals surface area (Å²) >= 11 is 0. The van der Waals surface area contributed by atoms with Crippen molar-refractivity contribution in [2.45, 2.75) is 25.3 Å². The van der Waals surface area contributed by atoms with E-state index < -0.39 is 23.2 Å². The Labute approximate surface area is 119 Å². The van der Waals surface area contributed by atoms with E-state index in [1.165, 1.54) is 0 Å². The highest BCUT2D eigenvalue weighted by molar-refractivity contribution is 7.38. The van der Waals surface area contributed by atoms with Gasteiger partial charge in [0.05, 0.1) is 10.5 Å². The Kier molecular flexibility index (Phi) is 5.30. The van der Waals surface area contributed by atoms with Crippen molar-refractivity contribution >= 4 is 27.8 Å². The van der Waals surface area contributed by atoms with Crippen molar-refractivity contribution in [2.75, 3.05) is 0 Å². The van der Waals surface area contributed by atoms with Gasteiger partial charge in [0, 0.05) is 17.4 Å². The highest BCUT2D eigenvalue weighted by atomic mass is 32.2. The molecule has 0 saturated heterocycles. The van der Waals surface area contributed by atoms with E-state index in [9.17, 15) is 30.4 Å². The van der Waals surface area contributed by atoms with Crippen LogP contribution in [0.2, 0.25) is 0 Å². The topological polar surface area (TPSA) is 0 Å². The molecule has 0 spiro atoms. The lowest BCUT2D eigenvalue weighted by Crippen LogP contribution is -2.02. The Morgan fingerprint density at radius 3 is 1.90 bits per heavy atom. The summed E-state index contributed by atoms with van der Waals surface area (Å²) in [6.07, 6.45) is 0. The standard InChI is InChI=1S/C12H12F3S.BF4/c1-8(2)11-7-9-5-3-4-6-10(9)16(11)12(13,14)15;2-1(3,4)5/h3-8H,1-2H3;/q+1;-1. The maximum Gasteiger partial charge on any atom is 0.673 e. The molecule has 0 aliphatic heterocycles. The van der Waals surface area contributed by atoms with Crippen molar-refractivity contribution in [2.24, 2.45) is 0 Å². The molecule has 0 radical (unpaired) electrons. The van der Waals surface area contributed by atoms with Crippen LogP contribution < -0.4 is 0 Å². The number of alkyl halides is 3. The quantitative estimate of drug-likeness (QED) is 0.318. The van der Waals surface area contributed by atoms with Crippen LogP contribution in [0.15, 0.2) is 30.3 Å². The van der Waals surface area contributed by atoms with Gasteiger partial charge in [-0.05, 0) is 12.1 Å². The number of fused-ring (bicyclic) bond motifs is 1. The summed E-state index contributed by atoms with van der Waals surface area (Å²) in [4.78, 5) is 0.494. The van der Waals surface area contributed by atoms with Crippen LogP contribution in [0.25, 0.3) is 10.1 Å². The predicted molar refractivity (Wildman–Crippen MR) is 72.0 cm³/mol. The molecule has 0 N–H and O–H groups in total. The average molecular weight is 332 g/mol. The fourth-order valence-electron chi connectivity index (χ4n) is 1.79. The van der Waals surface area contributed by atoms with Gasteiger partial charge in [-0.1, -0.05) is 26.0 Å². The van der Waals surface area contributed by atoms with Crippen molar-refractivity contribution in [3.8, 4) is 0 Å². The van der Waals surface area contributed by atoms with Crippen LogP contribution in [0, 0.1) is 0 Å². The molecule has 1 heterocycles. The molecule has 1 atom stereocenters. The maximum atomic E-state index is 13.0. The van der Waals surface area contributed by atoms with Crippen molar-refractivity contribution in [3.63, 3.8) is 0 Å². The summed E-state index contributed by atoms with van der Waals surface area (Å²) in [5.74, 6) is -0.0719. The van der Waals surface area contributed by atoms with Gasteiger partial charge in [0.2, 0.25) is 0 Å². The van der Waals surface area contributed by atoms with Crippen LogP contribution in [0.5, 0.6) is 0 Å². The minimum absolute atomic E-state index is 0.0719. The molecular formula is C12H12BF7S. The van der Waals surface area contributed by atoms with Gasteiger partial charge in [0.25, 0.3) is 0 Å². The highest BCUT2D eigenvalue weighted by Gasteiger charge is 2.48. The first-order valence-corrected chi connectivity index (χ1v) is 7.13. The normalized spacial score (nSPS) is 13.3. The largest absolute Gasteiger partial charge is 0.673 e. The molecule has 21 heavy (non-hydrogen) atoms. The summed E-state index contributed by atoms with van der Waals surface area (Å²) in [6.45, 7) is 3.62. The predicted octanol–water partition coefficient (Wildman–Crippen LogP) is 6.49. The maximum absolute atomic E-state index is 13.0. The summed E-state index contributed by atoms with van der Waals surface area (Å²) in [7, 11) is -7.73. The van der Waals surface area contributed by atoms with Gasteiger partial charge in [-0.3, -0.25) is 0 Å². The third-order valence-corrected chi connectivity index (χ3v) is 4.81. The van der Waals surface area contributed by atoms with Gasteiger partial charge in [0.1, 0.15) is 0 Å². The zero-order chi connectivity index (χ0) is 16.4. The van der Waals surface area contributed by atoms with E-state index in [1.807, 2.05) is 13.8 Å². The summed E-state index contributed by atoms with van der Waals surface area (Å²) in [5.41, 5.74) is -4.16. The van der Waals surface area contributed by atoms with E-state index in [4.69, 9.17) is 0 Å². The molecular weight excluding hydrogens is 320 g/mol. The SMILES string of the molecule is CC(C)c1cc2ccccc2[s+]1C(F)(F)F.F[B-](F)(F)F. The van der Waals surface area contributed by atoms with Gasteiger partial charge in [0.15, 0.2) is 9.58 Å². The smallest absolute Gasteiger partial charge is 0.418 e. The van der Waals surface area contributed by atoms with Crippen LogP contribution in [0.1, 0.15) is 24.6 Å². The van der Waals surface area contributed by atoms with E-state index in [2.05, 4.69) is 0 Å². The Bertz CT molecular complexity index is 592. The first-order chi connectivity index (χ1) is 9.41.